The van der Waals surface area contributed by atoms with Crippen molar-refractivity contribution >= 4 is 23.7 Å². The largest absolute Gasteiger partial charge is 0.486 e. The van der Waals surface area contributed by atoms with E-state index in [1.807, 2.05) is 13.8 Å². The maximum atomic E-state index is 12.2. The fourth-order valence-electron chi connectivity index (χ4n) is 2.30. The molecular formula is C19H24N2O7. The quantitative estimate of drug-likeness (QED) is 0.507. The van der Waals surface area contributed by atoms with Crippen molar-refractivity contribution in [2.45, 2.75) is 26.7 Å². The third-order valence-corrected chi connectivity index (χ3v) is 3.71. The number of ketones is 1. The van der Waals surface area contributed by atoms with Gasteiger partial charge in [0.2, 0.25) is 0 Å². The maximum absolute atomic E-state index is 12.2. The summed E-state index contributed by atoms with van der Waals surface area (Å²) in [6, 6.07) is 4.17. The summed E-state index contributed by atoms with van der Waals surface area (Å²) in [4.78, 5) is 46.9. The minimum atomic E-state index is -0.743. The van der Waals surface area contributed by atoms with Crippen molar-refractivity contribution in [2.75, 3.05) is 26.4 Å². The minimum Gasteiger partial charge on any atom is -0.486 e. The van der Waals surface area contributed by atoms with Crippen LogP contribution < -0.4 is 20.1 Å². The average Bonchev–Trinajstić information content (AvgIpc) is 2.68. The average molecular weight is 392 g/mol. The molecule has 1 aliphatic rings. The second kappa shape index (κ2) is 10.3. The zero-order chi connectivity index (χ0) is 20.5. The minimum absolute atomic E-state index is 0.0744. The zero-order valence-corrected chi connectivity index (χ0v) is 15.9. The highest BCUT2D eigenvalue weighted by molar-refractivity contribution is 5.98. The summed E-state index contributed by atoms with van der Waals surface area (Å²) in [5.74, 6) is -0.397. The smallest absolute Gasteiger partial charge is 0.321 e. The number of Topliss-reactive ketones (excluding diaryl/α,β-unsaturated/α-hetero) is 1. The Hall–Kier alpha value is -3.10. The molecule has 2 N–H and O–H groups in total. The molecule has 0 bridgehead atoms. The Morgan fingerprint density at radius 1 is 1.07 bits per heavy atom. The Balaban J connectivity index is 1.70. The number of hydrogen-bond donors (Lipinski definition) is 2. The van der Waals surface area contributed by atoms with Crippen LogP contribution in [0.15, 0.2) is 18.2 Å². The van der Waals surface area contributed by atoms with Crippen molar-refractivity contribution in [1.29, 1.82) is 0 Å². The summed E-state index contributed by atoms with van der Waals surface area (Å²) in [7, 11) is 0. The van der Waals surface area contributed by atoms with Gasteiger partial charge in [-0.05, 0) is 24.1 Å². The Kier molecular flexibility index (Phi) is 7.79. The number of amides is 3. The summed E-state index contributed by atoms with van der Waals surface area (Å²) in [5.41, 5.74) is 0.400. The van der Waals surface area contributed by atoms with Gasteiger partial charge in [0.05, 0.1) is 6.42 Å². The number of carbonyl (C=O) groups is 4. The summed E-state index contributed by atoms with van der Waals surface area (Å²) in [5, 5.41) is 4.56. The molecule has 152 valence electrons. The molecule has 1 aromatic rings. The number of ether oxygens (including phenoxy) is 3. The Bertz CT molecular complexity index is 746. The lowest BCUT2D eigenvalue weighted by molar-refractivity contribution is -0.148. The number of benzene rings is 1. The summed E-state index contributed by atoms with van der Waals surface area (Å²) >= 11 is 0. The van der Waals surface area contributed by atoms with Crippen molar-refractivity contribution < 1.29 is 33.4 Å². The number of hydrogen-bond acceptors (Lipinski definition) is 7. The van der Waals surface area contributed by atoms with Crippen molar-refractivity contribution in [3.8, 4) is 11.5 Å². The topological polar surface area (TPSA) is 120 Å². The van der Waals surface area contributed by atoms with Crippen LogP contribution in [0.1, 0.15) is 37.0 Å². The van der Waals surface area contributed by atoms with E-state index in [0.717, 1.165) is 0 Å². The molecule has 0 atom stereocenters. The molecule has 3 amide bonds. The number of carbonyl (C=O) groups excluding carboxylic acids is 4. The van der Waals surface area contributed by atoms with Crippen LogP contribution in [0, 0.1) is 5.92 Å². The van der Waals surface area contributed by atoms with Gasteiger partial charge in [-0.25, -0.2) is 4.79 Å². The van der Waals surface area contributed by atoms with Crippen LogP contribution in [0.5, 0.6) is 11.5 Å². The first-order chi connectivity index (χ1) is 13.3. The Morgan fingerprint density at radius 3 is 2.50 bits per heavy atom. The van der Waals surface area contributed by atoms with Gasteiger partial charge < -0.3 is 19.5 Å². The van der Waals surface area contributed by atoms with Crippen LogP contribution in [0.3, 0.4) is 0 Å². The van der Waals surface area contributed by atoms with Gasteiger partial charge in [0, 0.05) is 18.5 Å². The second-order valence-electron chi connectivity index (χ2n) is 6.59. The fraction of sp³-hybridized carbons (Fsp3) is 0.474. The number of imide groups is 1. The van der Waals surface area contributed by atoms with Gasteiger partial charge in [-0.3, -0.25) is 19.7 Å². The van der Waals surface area contributed by atoms with E-state index in [0.29, 0.717) is 36.8 Å². The first-order valence-corrected chi connectivity index (χ1v) is 9.01. The number of nitrogens with one attached hydrogen (secondary N) is 2. The first kappa shape index (κ1) is 21.2. The molecule has 0 radical (unpaired) electrons. The zero-order valence-electron chi connectivity index (χ0n) is 15.9. The Morgan fingerprint density at radius 2 is 1.79 bits per heavy atom. The van der Waals surface area contributed by atoms with Gasteiger partial charge in [0.15, 0.2) is 23.9 Å². The van der Waals surface area contributed by atoms with Crippen LogP contribution in [-0.2, 0) is 14.3 Å². The maximum Gasteiger partial charge on any atom is 0.321 e. The summed E-state index contributed by atoms with van der Waals surface area (Å²) in [6.07, 6.45) is -0.255. The van der Waals surface area contributed by atoms with Gasteiger partial charge in [-0.15, -0.1) is 0 Å². The number of esters is 1. The monoisotopic (exact) mass is 392 g/mol. The van der Waals surface area contributed by atoms with Gasteiger partial charge in [0.25, 0.3) is 5.91 Å². The van der Waals surface area contributed by atoms with Crippen LogP contribution >= 0.6 is 0 Å². The van der Waals surface area contributed by atoms with Crippen LogP contribution in [0.4, 0.5) is 4.79 Å². The lowest BCUT2D eigenvalue weighted by atomic mass is 10.1. The van der Waals surface area contributed by atoms with Crippen molar-refractivity contribution in [2.24, 2.45) is 5.92 Å². The number of rotatable bonds is 8. The molecule has 1 aromatic carbocycles. The molecule has 0 aliphatic carbocycles. The van der Waals surface area contributed by atoms with E-state index in [9.17, 15) is 19.2 Å². The van der Waals surface area contributed by atoms with Gasteiger partial charge in [-0.1, -0.05) is 13.8 Å². The molecule has 2 rings (SSSR count). The molecular weight excluding hydrogens is 368 g/mol. The summed E-state index contributed by atoms with van der Waals surface area (Å²) in [6.45, 7) is 4.52. The van der Waals surface area contributed by atoms with E-state index in [1.54, 1.807) is 18.2 Å². The number of fused-ring (bicyclic) bond motifs is 1. The molecule has 1 heterocycles. The highest BCUT2D eigenvalue weighted by Gasteiger charge is 2.17. The molecule has 0 fully saturated rings. The van der Waals surface area contributed by atoms with Crippen molar-refractivity contribution in [3.05, 3.63) is 23.8 Å². The lowest BCUT2D eigenvalue weighted by Crippen LogP contribution is -2.42. The SMILES string of the molecule is CC(C)CNC(=O)NC(=O)COC(=O)CCC(=O)c1ccc2c(c1)OCCO2. The van der Waals surface area contributed by atoms with E-state index < -0.39 is 24.5 Å². The van der Waals surface area contributed by atoms with E-state index in [1.165, 1.54) is 0 Å². The molecule has 0 saturated heterocycles. The van der Waals surface area contributed by atoms with E-state index in [-0.39, 0.29) is 24.5 Å². The third kappa shape index (κ3) is 6.90. The fourth-order valence-corrected chi connectivity index (χ4v) is 2.30. The third-order valence-electron chi connectivity index (χ3n) is 3.71. The predicted molar refractivity (Wildman–Crippen MR) is 98.3 cm³/mol. The van der Waals surface area contributed by atoms with Crippen molar-refractivity contribution in [1.82, 2.24) is 10.6 Å². The number of urea groups is 1. The molecule has 0 unspecified atom stereocenters. The normalized spacial score (nSPS) is 12.2. The molecule has 0 saturated carbocycles. The molecule has 9 heteroatoms. The molecule has 9 nitrogen and oxygen atoms in total. The van der Waals surface area contributed by atoms with Crippen LogP contribution in [0.2, 0.25) is 0 Å². The first-order valence-electron chi connectivity index (χ1n) is 9.01. The lowest BCUT2D eigenvalue weighted by Gasteiger charge is -2.18. The highest BCUT2D eigenvalue weighted by atomic mass is 16.6. The van der Waals surface area contributed by atoms with Gasteiger partial charge in [0.1, 0.15) is 13.2 Å². The predicted octanol–water partition coefficient (Wildman–Crippen LogP) is 1.45. The highest BCUT2D eigenvalue weighted by Crippen LogP contribution is 2.31. The van der Waals surface area contributed by atoms with E-state index >= 15 is 0 Å². The Labute approximate surface area is 162 Å². The molecule has 1 aliphatic heterocycles. The second-order valence-corrected chi connectivity index (χ2v) is 6.59. The van der Waals surface area contributed by atoms with Gasteiger partial charge in [-0.2, -0.15) is 0 Å². The molecule has 0 aromatic heterocycles. The van der Waals surface area contributed by atoms with E-state index in [4.69, 9.17) is 14.2 Å². The van der Waals surface area contributed by atoms with Gasteiger partial charge >= 0.3 is 12.0 Å². The van der Waals surface area contributed by atoms with Crippen LogP contribution in [-0.4, -0.2) is 50.1 Å². The summed E-state index contributed by atoms with van der Waals surface area (Å²) < 4.78 is 15.6. The molecule has 28 heavy (non-hydrogen) atoms. The molecule has 0 spiro atoms. The van der Waals surface area contributed by atoms with E-state index in [2.05, 4.69) is 10.6 Å². The van der Waals surface area contributed by atoms with Crippen molar-refractivity contribution in [3.63, 3.8) is 0 Å². The standard InChI is InChI=1S/C19H24N2O7/c1-12(2)10-20-19(25)21-17(23)11-28-18(24)6-4-14(22)13-3-5-15-16(9-13)27-8-7-26-15/h3,5,9,12H,4,6-8,10-11H2,1-2H3,(H2,20,21,23,25). The van der Waals surface area contributed by atoms with Crippen LogP contribution in [0.25, 0.3) is 0 Å².